The Morgan fingerprint density at radius 3 is 1.59 bits per heavy atom. The maximum Gasteiger partial charge on any atom is 0.306 e. The van der Waals surface area contributed by atoms with Crippen molar-refractivity contribution in [2.45, 2.75) is 89.1 Å². The Hall–Kier alpha value is -0.530. The maximum absolute atomic E-state index is 11.4. The molecule has 98 valence electrons. The molecule has 0 aromatic carbocycles. The first-order valence-corrected chi connectivity index (χ1v) is 7.53. The fraction of sp³-hybridized carbons (Fsp3) is 0.933. The zero-order chi connectivity index (χ0) is 12.0. The zero-order valence-corrected chi connectivity index (χ0v) is 11.0. The van der Waals surface area contributed by atoms with Gasteiger partial charge in [0.1, 0.15) is 5.60 Å². The van der Waals surface area contributed by atoms with Crippen LogP contribution in [0.15, 0.2) is 0 Å². The summed E-state index contributed by atoms with van der Waals surface area (Å²) in [5.74, 6) is 0.0390. The molecule has 1 heterocycles. The van der Waals surface area contributed by atoms with Crippen LogP contribution >= 0.6 is 0 Å². The lowest BCUT2D eigenvalue weighted by Crippen LogP contribution is -2.28. The molecule has 2 aliphatic rings. The van der Waals surface area contributed by atoms with Gasteiger partial charge in [0.05, 0.1) is 0 Å². The molecular weight excluding hydrogens is 212 g/mol. The lowest BCUT2D eigenvalue weighted by molar-refractivity contribution is -0.149. The van der Waals surface area contributed by atoms with E-state index in [0.29, 0.717) is 6.42 Å². The fourth-order valence-corrected chi connectivity index (χ4v) is 3.28. The minimum Gasteiger partial charge on any atom is -0.459 e. The van der Waals surface area contributed by atoms with Crippen LogP contribution in [-0.4, -0.2) is 11.6 Å². The molecule has 0 aromatic rings. The average Bonchev–Trinajstić information content (AvgIpc) is 2.66. The van der Waals surface area contributed by atoms with Crippen LogP contribution in [0, 0.1) is 0 Å². The van der Waals surface area contributed by atoms with Crippen LogP contribution in [0.2, 0.25) is 0 Å². The molecule has 0 radical (unpaired) electrons. The van der Waals surface area contributed by atoms with Crippen LogP contribution in [0.25, 0.3) is 0 Å². The van der Waals surface area contributed by atoms with Crippen LogP contribution in [0.5, 0.6) is 0 Å². The van der Waals surface area contributed by atoms with Crippen molar-refractivity contribution < 1.29 is 9.53 Å². The van der Waals surface area contributed by atoms with Gasteiger partial charge in [0.2, 0.25) is 0 Å². The molecule has 0 N–H and O–H groups in total. The second-order valence-electron chi connectivity index (χ2n) is 5.84. The van der Waals surface area contributed by atoms with E-state index in [-0.39, 0.29) is 11.6 Å². The van der Waals surface area contributed by atoms with Gasteiger partial charge in [-0.2, -0.15) is 0 Å². The molecule has 2 rings (SSSR count). The molecule has 1 saturated heterocycles. The highest BCUT2D eigenvalue weighted by molar-refractivity contribution is 5.72. The number of hydrogen-bond donors (Lipinski definition) is 0. The summed E-state index contributed by atoms with van der Waals surface area (Å²) in [6.07, 6.45) is 15.9. The number of esters is 1. The molecule has 0 unspecified atom stereocenters. The second-order valence-corrected chi connectivity index (χ2v) is 5.84. The maximum atomic E-state index is 11.4. The van der Waals surface area contributed by atoms with Gasteiger partial charge in [0, 0.05) is 6.42 Å². The molecule has 17 heavy (non-hydrogen) atoms. The van der Waals surface area contributed by atoms with Gasteiger partial charge < -0.3 is 4.74 Å². The summed E-state index contributed by atoms with van der Waals surface area (Å²) in [5.41, 5.74) is -0.0592. The molecule has 1 aliphatic carbocycles. The van der Waals surface area contributed by atoms with E-state index in [4.69, 9.17) is 4.74 Å². The van der Waals surface area contributed by atoms with E-state index in [0.717, 1.165) is 19.3 Å². The standard InChI is InChI=1S/C15H26O2/c16-14-10-13-15(17-14)11-8-6-4-2-1-3-5-7-9-12-15/h1-13H2. The van der Waals surface area contributed by atoms with E-state index in [1.165, 1.54) is 57.8 Å². The van der Waals surface area contributed by atoms with Crippen LogP contribution in [0.1, 0.15) is 83.5 Å². The third kappa shape index (κ3) is 4.01. The van der Waals surface area contributed by atoms with Crippen molar-refractivity contribution in [3.05, 3.63) is 0 Å². The first-order chi connectivity index (χ1) is 8.31. The highest BCUT2D eigenvalue weighted by Gasteiger charge is 2.38. The minimum atomic E-state index is -0.0592. The molecule has 1 saturated carbocycles. The van der Waals surface area contributed by atoms with E-state index < -0.39 is 0 Å². The van der Waals surface area contributed by atoms with E-state index in [1.54, 1.807) is 0 Å². The van der Waals surface area contributed by atoms with Gasteiger partial charge in [-0.3, -0.25) is 4.79 Å². The van der Waals surface area contributed by atoms with Gasteiger partial charge >= 0.3 is 5.97 Å². The largest absolute Gasteiger partial charge is 0.459 e. The second kappa shape index (κ2) is 6.42. The van der Waals surface area contributed by atoms with Gasteiger partial charge in [0.25, 0.3) is 0 Å². The van der Waals surface area contributed by atoms with Crippen molar-refractivity contribution in [2.75, 3.05) is 0 Å². The molecule has 0 bridgehead atoms. The molecule has 2 heteroatoms. The smallest absolute Gasteiger partial charge is 0.306 e. The first-order valence-electron chi connectivity index (χ1n) is 7.53. The van der Waals surface area contributed by atoms with Crippen molar-refractivity contribution in [3.63, 3.8) is 0 Å². The summed E-state index contributed by atoms with van der Waals surface area (Å²) < 4.78 is 5.65. The summed E-state index contributed by atoms with van der Waals surface area (Å²) in [7, 11) is 0. The number of hydrogen-bond acceptors (Lipinski definition) is 2. The summed E-state index contributed by atoms with van der Waals surface area (Å²) in [4.78, 5) is 11.4. The molecule has 1 aliphatic heterocycles. The lowest BCUT2D eigenvalue weighted by atomic mass is 9.86. The SMILES string of the molecule is O=C1CCC2(CCCCCCCCCCC2)O1. The van der Waals surface area contributed by atoms with Crippen LogP contribution < -0.4 is 0 Å². The van der Waals surface area contributed by atoms with E-state index >= 15 is 0 Å². The topological polar surface area (TPSA) is 26.3 Å². The first kappa shape index (κ1) is 12.9. The Kier molecular flexibility index (Phi) is 4.87. The predicted molar refractivity (Wildman–Crippen MR) is 68.8 cm³/mol. The van der Waals surface area contributed by atoms with Gasteiger partial charge in [-0.15, -0.1) is 0 Å². The monoisotopic (exact) mass is 238 g/mol. The Bertz CT molecular complexity index is 235. The summed E-state index contributed by atoms with van der Waals surface area (Å²) in [5, 5.41) is 0. The molecule has 1 spiro atoms. The molecule has 2 fully saturated rings. The highest BCUT2D eigenvalue weighted by Crippen LogP contribution is 2.37. The fourth-order valence-electron chi connectivity index (χ4n) is 3.28. The van der Waals surface area contributed by atoms with Crippen molar-refractivity contribution >= 4 is 5.97 Å². The third-order valence-corrected chi connectivity index (χ3v) is 4.38. The quantitative estimate of drug-likeness (QED) is 0.586. The minimum absolute atomic E-state index is 0.0390. The van der Waals surface area contributed by atoms with Crippen molar-refractivity contribution in [3.8, 4) is 0 Å². The van der Waals surface area contributed by atoms with Gasteiger partial charge in [-0.1, -0.05) is 44.9 Å². The van der Waals surface area contributed by atoms with Gasteiger partial charge in [0.15, 0.2) is 0 Å². The Labute approximate surface area is 105 Å². The van der Waals surface area contributed by atoms with Crippen molar-refractivity contribution in [2.24, 2.45) is 0 Å². The molecule has 0 aromatic heterocycles. The van der Waals surface area contributed by atoms with Gasteiger partial charge in [-0.25, -0.2) is 0 Å². The lowest BCUT2D eigenvalue weighted by Gasteiger charge is -2.28. The Balaban J connectivity index is 1.86. The van der Waals surface area contributed by atoms with Crippen molar-refractivity contribution in [1.82, 2.24) is 0 Å². The summed E-state index contributed by atoms with van der Waals surface area (Å²) in [6, 6.07) is 0. The molecule has 2 nitrogen and oxygen atoms in total. The molecular formula is C15H26O2. The van der Waals surface area contributed by atoms with E-state index in [9.17, 15) is 4.79 Å². The number of carbonyl (C=O) groups is 1. The molecule has 0 amide bonds. The predicted octanol–water partition coefficient (Wildman–Crippen LogP) is 4.37. The van der Waals surface area contributed by atoms with Gasteiger partial charge in [-0.05, 0) is 32.1 Å². The third-order valence-electron chi connectivity index (χ3n) is 4.38. The average molecular weight is 238 g/mol. The highest BCUT2D eigenvalue weighted by atomic mass is 16.6. The summed E-state index contributed by atoms with van der Waals surface area (Å²) in [6.45, 7) is 0. The number of rotatable bonds is 0. The molecule has 0 atom stereocenters. The number of carbonyl (C=O) groups excluding carboxylic acids is 1. The zero-order valence-electron chi connectivity index (χ0n) is 11.0. The normalized spacial score (nSPS) is 27.2. The van der Waals surface area contributed by atoms with Crippen LogP contribution in [-0.2, 0) is 9.53 Å². The van der Waals surface area contributed by atoms with E-state index in [1.807, 2.05) is 0 Å². The van der Waals surface area contributed by atoms with Crippen LogP contribution in [0.3, 0.4) is 0 Å². The Morgan fingerprint density at radius 2 is 1.18 bits per heavy atom. The summed E-state index contributed by atoms with van der Waals surface area (Å²) >= 11 is 0. The van der Waals surface area contributed by atoms with Crippen molar-refractivity contribution in [1.29, 1.82) is 0 Å². The van der Waals surface area contributed by atoms with Crippen LogP contribution in [0.4, 0.5) is 0 Å². The Morgan fingerprint density at radius 1 is 0.706 bits per heavy atom. The number of ether oxygens (including phenoxy) is 1. The van der Waals surface area contributed by atoms with E-state index in [2.05, 4.69) is 0 Å².